The van der Waals surface area contributed by atoms with Crippen LogP contribution in [-0.2, 0) is 34.2 Å². The van der Waals surface area contributed by atoms with Crippen LogP contribution in [0, 0.1) is 0 Å². The van der Waals surface area contributed by atoms with Crippen molar-refractivity contribution in [3.63, 3.8) is 0 Å². The van der Waals surface area contributed by atoms with Crippen LogP contribution < -0.4 is 4.72 Å². The number of nitrogens with one attached hydrogen (secondary N) is 1. The molecule has 2 aromatic rings. The van der Waals surface area contributed by atoms with Gasteiger partial charge >= 0.3 is 0 Å². The quantitative estimate of drug-likeness (QED) is 0.472. The number of halogens is 2. The Hall–Kier alpha value is -2.18. The molecule has 0 spiro atoms. The fourth-order valence-corrected chi connectivity index (χ4v) is 6.51. The molecule has 13 heteroatoms. The van der Waals surface area contributed by atoms with E-state index in [0.717, 1.165) is 6.26 Å². The highest BCUT2D eigenvalue weighted by Crippen LogP contribution is 2.44. The summed E-state index contributed by atoms with van der Waals surface area (Å²) in [5.74, 6) is -1.93. The van der Waals surface area contributed by atoms with Crippen molar-refractivity contribution in [1.82, 2.24) is 9.62 Å². The number of hydrogen-bond donors (Lipinski definition) is 1. The number of nitrogens with zero attached hydrogens (tertiary/aromatic N) is 1. The first-order valence-electron chi connectivity index (χ1n) is 12.1. The van der Waals surface area contributed by atoms with Crippen molar-refractivity contribution in [2.24, 2.45) is 0 Å². The minimum absolute atomic E-state index is 0.350. The first-order valence-corrected chi connectivity index (χ1v) is 16.4. The summed E-state index contributed by atoms with van der Waals surface area (Å²) in [5, 5.41) is 0.871. The highest BCUT2D eigenvalue weighted by atomic mass is 35.5. The van der Waals surface area contributed by atoms with Crippen molar-refractivity contribution in [3.05, 3.63) is 69.7 Å². The molecule has 0 aliphatic carbocycles. The van der Waals surface area contributed by atoms with Crippen LogP contribution in [0.3, 0.4) is 0 Å². The third kappa shape index (κ3) is 7.73. The number of morpholine rings is 1. The largest absolute Gasteiger partial charge is 0.357 e. The number of sulfone groups is 1. The third-order valence-electron chi connectivity index (χ3n) is 6.35. The van der Waals surface area contributed by atoms with Crippen molar-refractivity contribution in [2.45, 2.75) is 63.2 Å². The molecule has 0 saturated carbocycles. The second kappa shape index (κ2) is 11.7. The van der Waals surface area contributed by atoms with Gasteiger partial charge in [0.05, 0.1) is 29.2 Å². The summed E-state index contributed by atoms with van der Waals surface area (Å²) in [6.07, 6.45) is -2.03. The highest BCUT2D eigenvalue weighted by molar-refractivity contribution is 7.92. The number of rotatable bonds is 8. The number of carbonyl (C=O) groups excluding carboxylic acids is 2. The molecule has 0 unspecified atom stereocenters. The summed E-state index contributed by atoms with van der Waals surface area (Å²) in [5.41, 5.74) is 1.20. The molecule has 0 bridgehead atoms. The fourth-order valence-electron chi connectivity index (χ4n) is 4.39. The average molecular weight is 620 g/mol. The lowest BCUT2D eigenvalue weighted by molar-refractivity contribution is -0.179. The van der Waals surface area contributed by atoms with Crippen molar-refractivity contribution in [3.8, 4) is 0 Å². The van der Waals surface area contributed by atoms with E-state index in [0.29, 0.717) is 21.2 Å². The van der Waals surface area contributed by atoms with Gasteiger partial charge in [-0.05, 0) is 63.1 Å². The molecule has 0 radical (unpaired) electrons. The summed E-state index contributed by atoms with van der Waals surface area (Å²) in [6, 6.07) is 11.9. The molecule has 1 saturated heterocycles. The molecule has 1 fully saturated rings. The van der Waals surface area contributed by atoms with Crippen LogP contribution in [0.4, 0.5) is 0 Å². The number of sulfonamides is 1. The van der Waals surface area contributed by atoms with E-state index in [-0.39, 0.29) is 5.75 Å². The van der Waals surface area contributed by atoms with Crippen molar-refractivity contribution < 1.29 is 31.2 Å². The molecule has 9 nitrogen and oxygen atoms in total. The van der Waals surface area contributed by atoms with Crippen molar-refractivity contribution in [2.75, 3.05) is 12.0 Å². The molecule has 39 heavy (non-hydrogen) atoms. The summed E-state index contributed by atoms with van der Waals surface area (Å²) in [6.45, 7) is 6.37. The minimum atomic E-state index is -3.88. The fraction of sp³-hybridized carbons (Fsp3) is 0.462. The molecule has 3 rings (SSSR count). The van der Waals surface area contributed by atoms with Crippen LogP contribution in [0.25, 0.3) is 0 Å². The highest BCUT2D eigenvalue weighted by Gasteiger charge is 2.48. The molecule has 1 aliphatic rings. The lowest BCUT2D eigenvalue weighted by Gasteiger charge is -2.47. The topological polar surface area (TPSA) is 127 Å². The zero-order chi connectivity index (χ0) is 29.3. The van der Waals surface area contributed by atoms with Gasteiger partial charge in [-0.15, -0.1) is 0 Å². The van der Waals surface area contributed by atoms with E-state index >= 15 is 0 Å². The number of carbonyl (C=O) groups is 2. The van der Waals surface area contributed by atoms with Gasteiger partial charge in [-0.3, -0.25) is 14.3 Å². The second-order valence-corrected chi connectivity index (χ2v) is 16.0. The van der Waals surface area contributed by atoms with Gasteiger partial charge in [0, 0.05) is 16.1 Å². The van der Waals surface area contributed by atoms with Crippen LogP contribution in [0.1, 0.15) is 57.4 Å². The first kappa shape index (κ1) is 31.3. The van der Waals surface area contributed by atoms with E-state index in [4.69, 9.17) is 27.9 Å². The monoisotopic (exact) mass is 618 g/mol. The van der Waals surface area contributed by atoms with Gasteiger partial charge < -0.3 is 9.64 Å². The van der Waals surface area contributed by atoms with E-state index in [1.165, 1.54) is 4.90 Å². The van der Waals surface area contributed by atoms with Crippen LogP contribution in [0.5, 0.6) is 0 Å². The van der Waals surface area contributed by atoms with Crippen molar-refractivity contribution >= 4 is 54.9 Å². The summed E-state index contributed by atoms with van der Waals surface area (Å²) < 4.78 is 56.6. The molecular weight excluding hydrogens is 587 g/mol. The Labute approximate surface area is 239 Å². The average Bonchev–Trinajstić information content (AvgIpc) is 2.78. The van der Waals surface area contributed by atoms with Gasteiger partial charge in [-0.1, -0.05) is 47.5 Å². The lowest BCUT2D eigenvalue weighted by atomic mass is 9.90. The summed E-state index contributed by atoms with van der Waals surface area (Å²) in [7, 11) is -7.55. The van der Waals surface area contributed by atoms with Crippen LogP contribution in [0.15, 0.2) is 48.5 Å². The van der Waals surface area contributed by atoms with E-state index < -0.39 is 67.1 Å². The van der Waals surface area contributed by atoms with Crippen LogP contribution in [0.2, 0.25) is 10.0 Å². The molecule has 2 amide bonds. The molecule has 214 valence electrons. The van der Waals surface area contributed by atoms with Gasteiger partial charge in [-0.25, -0.2) is 16.8 Å². The number of benzene rings is 2. The third-order valence-corrected chi connectivity index (χ3v) is 10.2. The van der Waals surface area contributed by atoms with Gasteiger partial charge in [0.15, 0.2) is 9.84 Å². The van der Waals surface area contributed by atoms with Gasteiger partial charge in [0.1, 0.15) is 12.2 Å². The van der Waals surface area contributed by atoms with Crippen molar-refractivity contribution in [1.29, 1.82) is 0 Å². The molecule has 4 atom stereocenters. The van der Waals surface area contributed by atoms with E-state index in [2.05, 4.69) is 0 Å². The van der Waals surface area contributed by atoms with Gasteiger partial charge in [0.25, 0.3) is 5.91 Å². The van der Waals surface area contributed by atoms with Gasteiger partial charge in [-0.2, -0.15) is 0 Å². The smallest absolute Gasteiger partial charge is 0.253 e. The van der Waals surface area contributed by atoms with Crippen LogP contribution >= 0.6 is 23.2 Å². The molecule has 1 heterocycles. The van der Waals surface area contributed by atoms with E-state index in [1.54, 1.807) is 76.2 Å². The van der Waals surface area contributed by atoms with Gasteiger partial charge in [0.2, 0.25) is 15.9 Å². The Morgan fingerprint density at radius 3 is 2.18 bits per heavy atom. The zero-order valence-corrected chi connectivity index (χ0v) is 25.4. The predicted molar refractivity (Wildman–Crippen MR) is 151 cm³/mol. The van der Waals surface area contributed by atoms with Crippen LogP contribution in [-0.4, -0.2) is 62.5 Å². The Morgan fingerprint density at radius 2 is 1.64 bits per heavy atom. The Kier molecular flexibility index (Phi) is 9.44. The lowest BCUT2D eigenvalue weighted by Crippen LogP contribution is -2.57. The Morgan fingerprint density at radius 1 is 1.03 bits per heavy atom. The molecule has 2 aromatic carbocycles. The molecular formula is C26H32Cl2N2O7S2. The first-order chi connectivity index (χ1) is 17.9. The summed E-state index contributed by atoms with van der Waals surface area (Å²) in [4.78, 5) is 27.9. The number of amides is 2. The maximum absolute atomic E-state index is 13.9. The maximum Gasteiger partial charge on any atom is 0.253 e. The predicted octanol–water partition coefficient (Wildman–Crippen LogP) is 4.07. The zero-order valence-electron chi connectivity index (χ0n) is 22.2. The summed E-state index contributed by atoms with van der Waals surface area (Å²) >= 11 is 12.4. The van der Waals surface area contributed by atoms with E-state index in [1.807, 2.05) is 4.72 Å². The second-order valence-electron chi connectivity index (χ2n) is 10.6. The standard InChI is InChI=1S/C26H32Cl2N2O7S2/c1-16(15-39(35,36)26(2,3)4)30-23(17-9-11-19(27)12-10-17)24(18-7-6-8-20(28)13-18)37-21(25(30)32)14-22(31)29-38(5,33)34/h6-13,16,21,23-24H,14-15H2,1-5H3,(H,29,31)/t16-,21+,23+,24+/m0/s1. The Bertz CT molecular complexity index is 1440. The SMILES string of the molecule is C[C@@H](CS(=O)(=O)C(C)(C)C)N1C(=O)[C@@H](CC(=O)NS(C)(=O)=O)O[C@H](c2cccc(Cl)c2)[C@H]1c1ccc(Cl)cc1. The molecule has 1 aliphatic heterocycles. The normalized spacial score (nSPS) is 21.5. The molecule has 0 aromatic heterocycles. The number of ether oxygens (including phenoxy) is 1. The molecule has 1 N–H and O–H groups in total. The number of hydrogen-bond acceptors (Lipinski definition) is 7. The maximum atomic E-state index is 13.9. The Balaban J connectivity index is 2.16. The minimum Gasteiger partial charge on any atom is -0.357 e. The van der Waals surface area contributed by atoms with E-state index in [9.17, 15) is 26.4 Å².